The Kier molecular flexibility index (Phi) is 2.78. The SMILES string of the molecule is Nc1nc(Cl)nc(NCC(C2CC2)C2CC2)n1. The average molecular weight is 254 g/mol. The summed E-state index contributed by atoms with van der Waals surface area (Å²) in [6.07, 6.45) is 5.51. The molecule has 0 aromatic carbocycles. The molecule has 0 spiro atoms. The first-order chi connectivity index (χ1) is 8.22. The first-order valence-corrected chi connectivity index (χ1v) is 6.51. The maximum Gasteiger partial charge on any atom is 0.228 e. The highest BCUT2D eigenvalue weighted by atomic mass is 35.5. The number of nitrogens with zero attached hydrogens (tertiary/aromatic N) is 3. The van der Waals surface area contributed by atoms with Gasteiger partial charge in [-0.2, -0.15) is 15.0 Å². The number of rotatable bonds is 5. The Hall–Kier alpha value is -1.10. The molecular weight excluding hydrogens is 238 g/mol. The molecule has 2 saturated carbocycles. The number of hydrogen-bond acceptors (Lipinski definition) is 5. The molecule has 5 nitrogen and oxygen atoms in total. The van der Waals surface area contributed by atoms with Gasteiger partial charge in [-0.25, -0.2) is 0 Å². The van der Waals surface area contributed by atoms with Crippen molar-refractivity contribution in [2.75, 3.05) is 17.6 Å². The molecule has 0 amide bonds. The molecular formula is C11H16ClN5. The third-order valence-electron chi connectivity index (χ3n) is 3.58. The van der Waals surface area contributed by atoms with E-state index >= 15 is 0 Å². The summed E-state index contributed by atoms with van der Waals surface area (Å²) >= 11 is 5.73. The van der Waals surface area contributed by atoms with Crippen molar-refractivity contribution in [2.24, 2.45) is 17.8 Å². The Morgan fingerprint density at radius 1 is 1.18 bits per heavy atom. The van der Waals surface area contributed by atoms with Crippen molar-refractivity contribution in [1.29, 1.82) is 0 Å². The van der Waals surface area contributed by atoms with Crippen LogP contribution in [-0.4, -0.2) is 21.5 Å². The van der Waals surface area contributed by atoms with Crippen LogP contribution < -0.4 is 11.1 Å². The minimum atomic E-state index is 0.148. The van der Waals surface area contributed by atoms with E-state index in [1.807, 2.05) is 0 Å². The van der Waals surface area contributed by atoms with Crippen LogP contribution in [0.4, 0.5) is 11.9 Å². The van der Waals surface area contributed by atoms with Crippen molar-refractivity contribution in [3.05, 3.63) is 5.28 Å². The molecule has 0 aliphatic heterocycles. The summed E-state index contributed by atoms with van der Waals surface area (Å²) in [5.74, 6) is 3.25. The normalized spacial score (nSPS) is 19.6. The summed E-state index contributed by atoms with van der Waals surface area (Å²) in [5.41, 5.74) is 5.52. The van der Waals surface area contributed by atoms with Gasteiger partial charge in [0.1, 0.15) is 0 Å². The molecule has 3 N–H and O–H groups in total. The number of anilines is 2. The van der Waals surface area contributed by atoms with Gasteiger partial charge >= 0.3 is 0 Å². The smallest absolute Gasteiger partial charge is 0.228 e. The lowest BCUT2D eigenvalue weighted by Gasteiger charge is -2.16. The number of halogens is 1. The van der Waals surface area contributed by atoms with Gasteiger partial charge in [-0.05, 0) is 55.0 Å². The topological polar surface area (TPSA) is 76.7 Å². The van der Waals surface area contributed by atoms with E-state index in [0.717, 1.165) is 24.3 Å². The molecule has 17 heavy (non-hydrogen) atoms. The fourth-order valence-electron chi connectivity index (χ4n) is 2.42. The highest BCUT2D eigenvalue weighted by Crippen LogP contribution is 2.49. The van der Waals surface area contributed by atoms with Gasteiger partial charge in [0.15, 0.2) is 0 Å². The van der Waals surface area contributed by atoms with Gasteiger partial charge in [-0.1, -0.05) is 0 Å². The lowest BCUT2D eigenvalue weighted by molar-refractivity contribution is 0.427. The predicted molar refractivity (Wildman–Crippen MR) is 66.7 cm³/mol. The van der Waals surface area contributed by atoms with Crippen molar-refractivity contribution < 1.29 is 0 Å². The Morgan fingerprint density at radius 3 is 2.35 bits per heavy atom. The van der Waals surface area contributed by atoms with E-state index in [4.69, 9.17) is 17.3 Å². The lowest BCUT2D eigenvalue weighted by atomic mass is 9.98. The molecule has 2 aliphatic rings. The number of nitrogens with one attached hydrogen (secondary N) is 1. The maximum absolute atomic E-state index is 5.73. The fourth-order valence-corrected chi connectivity index (χ4v) is 2.59. The molecule has 0 unspecified atom stereocenters. The molecule has 0 bridgehead atoms. The molecule has 6 heteroatoms. The van der Waals surface area contributed by atoms with E-state index in [-0.39, 0.29) is 11.2 Å². The van der Waals surface area contributed by atoms with Gasteiger partial charge < -0.3 is 11.1 Å². The maximum atomic E-state index is 5.73. The second-order valence-electron chi connectivity index (χ2n) is 5.01. The largest absolute Gasteiger partial charge is 0.368 e. The molecule has 0 saturated heterocycles. The molecule has 2 fully saturated rings. The highest BCUT2D eigenvalue weighted by molar-refractivity contribution is 6.28. The second-order valence-corrected chi connectivity index (χ2v) is 5.34. The first-order valence-electron chi connectivity index (χ1n) is 6.13. The van der Waals surface area contributed by atoms with Crippen molar-refractivity contribution in [3.8, 4) is 0 Å². The van der Waals surface area contributed by atoms with Gasteiger partial charge in [0, 0.05) is 6.54 Å². The van der Waals surface area contributed by atoms with Gasteiger partial charge in [-0.15, -0.1) is 0 Å². The highest BCUT2D eigenvalue weighted by Gasteiger charge is 2.41. The van der Waals surface area contributed by atoms with E-state index in [9.17, 15) is 0 Å². The van der Waals surface area contributed by atoms with Gasteiger partial charge in [0.2, 0.25) is 17.2 Å². The Balaban J connectivity index is 1.61. The van der Waals surface area contributed by atoms with E-state index in [1.165, 1.54) is 25.7 Å². The van der Waals surface area contributed by atoms with Crippen molar-refractivity contribution in [2.45, 2.75) is 25.7 Å². The predicted octanol–water partition coefficient (Wildman–Crippen LogP) is 1.96. The Bertz CT molecular complexity index is 384. The fraction of sp³-hybridized carbons (Fsp3) is 0.727. The van der Waals surface area contributed by atoms with Gasteiger partial charge in [0.25, 0.3) is 0 Å². The molecule has 1 heterocycles. The zero-order chi connectivity index (χ0) is 11.8. The van der Waals surface area contributed by atoms with Crippen LogP contribution in [0.2, 0.25) is 5.28 Å². The monoisotopic (exact) mass is 253 g/mol. The van der Waals surface area contributed by atoms with Crippen LogP contribution in [-0.2, 0) is 0 Å². The van der Waals surface area contributed by atoms with Crippen molar-refractivity contribution in [1.82, 2.24) is 15.0 Å². The quantitative estimate of drug-likeness (QED) is 0.839. The second kappa shape index (κ2) is 4.29. The molecule has 1 aromatic heterocycles. The zero-order valence-electron chi connectivity index (χ0n) is 9.56. The van der Waals surface area contributed by atoms with Gasteiger partial charge in [0.05, 0.1) is 0 Å². The lowest BCUT2D eigenvalue weighted by Crippen LogP contribution is -2.19. The van der Waals surface area contributed by atoms with E-state index in [1.54, 1.807) is 0 Å². The van der Waals surface area contributed by atoms with Crippen molar-refractivity contribution in [3.63, 3.8) is 0 Å². The van der Waals surface area contributed by atoms with Crippen molar-refractivity contribution >= 4 is 23.5 Å². The van der Waals surface area contributed by atoms with Crippen LogP contribution in [0.15, 0.2) is 0 Å². The van der Waals surface area contributed by atoms with E-state index in [0.29, 0.717) is 5.95 Å². The summed E-state index contributed by atoms with van der Waals surface area (Å²) < 4.78 is 0. The minimum Gasteiger partial charge on any atom is -0.368 e. The zero-order valence-corrected chi connectivity index (χ0v) is 10.3. The van der Waals surface area contributed by atoms with Crippen LogP contribution in [0.5, 0.6) is 0 Å². The minimum absolute atomic E-state index is 0.148. The van der Waals surface area contributed by atoms with Crippen LogP contribution in [0.3, 0.4) is 0 Å². The summed E-state index contributed by atoms with van der Waals surface area (Å²) in [6, 6.07) is 0. The number of aromatic nitrogens is 3. The summed E-state index contributed by atoms with van der Waals surface area (Å²) in [4.78, 5) is 11.8. The summed E-state index contributed by atoms with van der Waals surface area (Å²) in [6.45, 7) is 0.926. The first kappa shape index (κ1) is 11.0. The molecule has 0 radical (unpaired) electrons. The Morgan fingerprint density at radius 2 is 1.82 bits per heavy atom. The summed E-state index contributed by atoms with van der Waals surface area (Å²) in [5, 5.41) is 3.39. The Labute approximate surface area is 105 Å². The third kappa shape index (κ3) is 2.77. The molecule has 0 atom stereocenters. The van der Waals surface area contributed by atoms with E-state index in [2.05, 4.69) is 20.3 Å². The molecule has 1 aromatic rings. The molecule has 92 valence electrons. The van der Waals surface area contributed by atoms with Crippen LogP contribution in [0, 0.1) is 17.8 Å². The number of nitrogens with two attached hydrogens (primary N) is 1. The third-order valence-corrected chi connectivity index (χ3v) is 3.75. The molecule has 3 rings (SSSR count). The standard InChI is InChI=1S/C11H16ClN5/c12-9-15-10(13)17-11(16-9)14-5-8(6-1-2-6)7-3-4-7/h6-8H,1-5H2,(H3,13,14,15,16,17). The average Bonchev–Trinajstić information content (AvgIpc) is 3.12. The molecule has 2 aliphatic carbocycles. The summed E-state index contributed by atoms with van der Waals surface area (Å²) in [7, 11) is 0. The van der Waals surface area contributed by atoms with Gasteiger partial charge in [-0.3, -0.25) is 0 Å². The van der Waals surface area contributed by atoms with Crippen LogP contribution in [0.1, 0.15) is 25.7 Å². The van der Waals surface area contributed by atoms with Crippen LogP contribution in [0.25, 0.3) is 0 Å². The number of hydrogen-bond donors (Lipinski definition) is 2. The van der Waals surface area contributed by atoms with E-state index < -0.39 is 0 Å². The van der Waals surface area contributed by atoms with Crippen LogP contribution >= 0.6 is 11.6 Å². The number of nitrogen functional groups attached to an aromatic ring is 1.